The standard InChI is InChI=1S/C15H21NO6/c1-15(2,3)22-14(20)16-11-8-10(21-4)6-5-9(11)7-12(17)13(18)19/h5-6,8,12,17H,7H2,1-4H3,(H,16,20)(H,18,19). The van der Waals surface area contributed by atoms with Crippen LogP contribution >= 0.6 is 0 Å². The van der Waals surface area contributed by atoms with Crippen LogP contribution in [0.5, 0.6) is 5.75 Å². The Morgan fingerprint density at radius 3 is 2.45 bits per heavy atom. The molecule has 0 radical (unpaired) electrons. The van der Waals surface area contributed by atoms with E-state index in [2.05, 4.69) is 5.32 Å². The molecule has 7 heteroatoms. The molecule has 0 bridgehead atoms. The zero-order chi connectivity index (χ0) is 16.9. The number of carboxylic acid groups (broad SMARTS) is 1. The number of carboxylic acids is 1. The number of anilines is 1. The van der Waals surface area contributed by atoms with Gasteiger partial charge in [-0.25, -0.2) is 9.59 Å². The summed E-state index contributed by atoms with van der Waals surface area (Å²) in [7, 11) is 1.47. The molecule has 0 saturated heterocycles. The Morgan fingerprint density at radius 2 is 1.95 bits per heavy atom. The van der Waals surface area contributed by atoms with Gasteiger partial charge in [0.15, 0.2) is 6.10 Å². The maximum absolute atomic E-state index is 11.8. The highest BCUT2D eigenvalue weighted by Gasteiger charge is 2.20. The van der Waals surface area contributed by atoms with Gasteiger partial charge in [-0.3, -0.25) is 5.32 Å². The number of aliphatic hydroxyl groups excluding tert-OH is 1. The topological polar surface area (TPSA) is 105 Å². The Labute approximate surface area is 128 Å². The molecule has 0 aromatic heterocycles. The summed E-state index contributed by atoms with van der Waals surface area (Å²) in [6.07, 6.45) is -2.39. The van der Waals surface area contributed by atoms with E-state index in [0.29, 0.717) is 17.0 Å². The molecule has 0 fully saturated rings. The van der Waals surface area contributed by atoms with Crippen LogP contribution in [-0.2, 0) is 16.0 Å². The molecule has 1 amide bonds. The van der Waals surface area contributed by atoms with E-state index in [1.807, 2.05) is 0 Å². The number of benzene rings is 1. The lowest BCUT2D eigenvalue weighted by Crippen LogP contribution is -2.28. The van der Waals surface area contributed by atoms with E-state index in [1.165, 1.54) is 13.2 Å². The predicted molar refractivity (Wildman–Crippen MR) is 80.2 cm³/mol. The second-order valence-corrected chi connectivity index (χ2v) is 5.71. The van der Waals surface area contributed by atoms with Gasteiger partial charge in [0.1, 0.15) is 11.4 Å². The number of hydrogen-bond donors (Lipinski definition) is 3. The number of ether oxygens (including phenoxy) is 2. The van der Waals surface area contributed by atoms with Crippen molar-refractivity contribution in [2.24, 2.45) is 0 Å². The molecule has 22 heavy (non-hydrogen) atoms. The highest BCUT2D eigenvalue weighted by atomic mass is 16.6. The number of rotatable bonds is 5. The fraction of sp³-hybridized carbons (Fsp3) is 0.467. The maximum atomic E-state index is 11.8. The van der Waals surface area contributed by atoms with Gasteiger partial charge >= 0.3 is 12.1 Å². The van der Waals surface area contributed by atoms with Crippen molar-refractivity contribution < 1.29 is 29.3 Å². The fourth-order valence-electron chi connectivity index (χ4n) is 1.69. The van der Waals surface area contributed by atoms with Crippen LogP contribution in [-0.4, -0.2) is 41.1 Å². The van der Waals surface area contributed by atoms with Gasteiger partial charge < -0.3 is 19.7 Å². The summed E-state index contributed by atoms with van der Waals surface area (Å²) in [6, 6.07) is 4.73. The largest absolute Gasteiger partial charge is 0.497 e. The molecule has 0 heterocycles. The molecule has 1 aromatic carbocycles. The molecule has 1 atom stereocenters. The molecule has 1 unspecified atom stereocenters. The van der Waals surface area contributed by atoms with Crippen LogP contribution in [0.15, 0.2) is 18.2 Å². The first-order valence-corrected chi connectivity index (χ1v) is 6.70. The van der Waals surface area contributed by atoms with Gasteiger partial charge in [0.2, 0.25) is 0 Å². The summed E-state index contributed by atoms with van der Waals surface area (Å²) in [5.41, 5.74) is 0.124. The summed E-state index contributed by atoms with van der Waals surface area (Å²) in [6.45, 7) is 5.19. The van der Waals surface area contributed by atoms with Crippen molar-refractivity contribution in [2.45, 2.75) is 38.9 Å². The SMILES string of the molecule is COc1ccc(CC(O)C(=O)O)c(NC(=O)OC(C)(C)C)c1. The second kappa shape index (κ2) is 7.13. The van der Waals surface area contributed by atoms with Crippen molar-refractivity contribution in [3.8, 4) is 5.75 Å². The van der Waals surface area contributed by atoms with E-state index < -0.39 is 23.8 Å². The third-order valence-electron chi connectivity index (χ3n) is 2.65. The van der Waals surface area contributed by atoms with Crippen LogP contribution in [0.3, 0.4) is 0 Å². The number of aliphatic hydroxyl groups is 1. The summed E-state index contributed by atoms with van der Waals surface area (Å²) in [4.78, 5) is 22.6. The summed E-state index contributed by atoms with van der Waals surface area (Å²) >= 11 is 0. The van der Waals surface area contributed by atoms with Crippen molar-refractivity contribution >= 4 is 17.7 Å². The number of amides is 1. The zero-order valence-corrected chi connectivity index (χ0v) is 13.0. The van der Waals surface area contributed by atoms with Gasteiger partial charge in [-0.2, -0.15) is 0 Å². The number of carbonyl (C=O) groups is 2. The highest BCUT2D eigenvalue weighted by molar-refractivity contribution is 5.86. The van der Waals surface area contributed by atoms with Crippen LogP contribution in [0.2, 0.25) is 0 Å². The molecule has 1 rings (SSSR count). The summed E-state index contributed by atoms with van der Waals surface area (Å²) in [5.74, 6) is -0.848. The minimum Gasteiger partial charge on any atom is -0.497 e. The van der Waals surface area contributed by atoms with Crippen molar-refractivity contribution in [2.75, 3.05) is 12.4 Å². The average molecular weight is 311 g/mol. The monoisotopic (exact) mass is 311 g/mol. The number of hydrogen-bond acceptors (Lipinski definition) is 5. The first-order chi connectivity index (χ1) is 10.1. The number of aliphatic carboxylic acids is 1. The lowest BCUT2D eigenvalue weighted by molar-refractivity contribution is -0.146. The van der Waals surface area contributed by atoms with Crippen molar-refractivity contribution in [1.29, 1.82) is 0 Å². The number of nitrogens with one attached hydrogen (secondary N) is 1. The average Bonchev–Trinajstić information content (AvgIpc) is 2.38. The van der Waals surface area contributed by atoms with Gasteiger partial charge in [0.25, 0.3) is 0 Å². The molecular formula is C15H21NO6. The molecule has 0 saturated carbocycles. The third kappa shape index (κ3) is 5.61. The van der Waals surface area contributed by atoms with Gasteiger partial charge in [-0.05, 0) is 32.4 Å². The third-order valence-corrected chi connectivity index (χ3v) is 2.65. The first-order valence-electron chi connectivity index (χ1n) is 6.70. The molecule has 0 aliphatic carbocycles. The molecule has 1 aromatic rings. The Hall–Kier alpha value is -2.28. The predicted octanol–water partition coefficient (Wildman–Crippen LogP) is 2.03. The van der Waals surface area contributed by atoms with E-state index in [4.69, 9.17) is 14.6 Å². The van der Waals surface area contributed by atoms with Crippen LogP contribution in [0.25, 0.3) is 0 Å². The lowest BCUT2D eigenvalue weighted by atomic mass is 10.1. The first kappa shape index (κ1) is 17.8. The molecule has 0 aliphatic rings. The Balaban J connectivity index is 2.98. The lowest BCUT2D eigenvalue weighted by Gasteiger charge is -2.21. The van der Waals surface area contributed by atoms with Crippen molar-refractivity contribution in [3.05, 3.63) is 23.8 Å². The van der Waals surface area contributed by atoms with E-state index in [9.17, 15) is 14.7 Å². The minimum atomic E-state index is -1.56. The van der Waals surface area contributed by atoms with E-state index in [1.54, 1.807) is 32.9 Å². The maximum Gasteiger partial charge on any atom is 0.412 e. The van der Waals surface area contributed by atoms with Gasteiger partial charge in [-0.15, -0.1) is 0 Å². The molecule has 3 N–H and O–H groups in total. The van der Waals surface area contributed by atoms with E-state index in [-0.39, 0.29) is 6.42 Å². The van der Waals surface area contributed by atoms with E-state index >= 15 is 0 Å². The highest BCUT2D eigenvalue weighted by Crippen LogP contribution is 2.24. The minimum absolute atomic E-state index is 0.148. The number of carbonyl (C=O) groups excluding carboxylic acids is 1. The quantitative estimate of drug-likeness (QED) is 0.768. The summed E-state index contributed by atoms with van der Waals surface area (Å²) < 4.78 is 10.2. The molecule has 122 valence electrons. The van der Waals surface area contributed by atoms with Crippen molar-refractivity contribution in [3.63, 3.8) is 0 Å². The molecular weight excluding hydrogens is 290 g/mol. The van der Waals surface area contributed by atoms with E-state index in [0.717, 1.165) is 0 Å². The zero-order valence-electron chi connectivity index (χ0n) is 13.0. The van der Waals surface area contributed by atoms with Gasteiger partial charge in [-0.1, -0.05) is 6.07 Å². The smallest absolute Gasteiger partial charge is 0.412 e. The van der Waals surface area contributed by atoms with Gasteiger partial charge in [0, 0.05) is 12.5 Å². The normalized spacial score (nSPS) is 12.4. The van der Waals surface area contributed by atoms with Crippen LogP contribution < -0.4 is 10.1 Å². The fourth-order valence-corrected chi connectivity index (χ4v) is 1.69. The molecule has 7 nitrogen and oxygen atoms in total. The Kier molecular flexibility index (Phi) is 5.76. The van der Waals surface area contributed by atoms with Crippen LogP contribution in [0.1, 0.15) is 26.3 Å². The number of methoxy groups -OCH3 is 1. The summed E-state index contributed by atoms with van der Waals surface area (Å²) in [5, 5.41) is 20.8. The Morgan fingerprint density at radius 1 is 1.32 bits per heavy atom. The van der Waals surface area contributed by atoms with Gasteiger partial charge in [0.05, 0.1) is 12.8 Å². The molecule has 0 spiro atoms. The Bertz CT molecular complexity index is 549. The van der Waals surface area contributed by atoms with Crippen LogP contribution in [0.4, 0.5) is 10.5 Å². The van der Waals surface area contributed by atoms with Crippen LogP contribution in [0, 0.1) is 0 Å². The molecule has 0 aliphatic heterocycles. The second-order valence-electron chi connectivity index (χ2n) is 5.71. The van der Waals surface area contributed by atoms with Crippen molar-refractivity contribution in [1.82, 2.24) is 0 Å².